The fraction of sp³-hybridized carbons (Fsp3) is 0.417. The lowest BCUT2D eigenvalue weighted by Gasteiger charge is -2.29. The van der Waals surface area contributed by atoms with Crippen molar-refractivity contribution >= 4 is 35.2 Å². The molecule has 1 fully saturated rings. The number of nitrogens with zero attached hydrogens (tertiary/aromatic N) is 1. The molecule has 3 rings (SSSR count). The molecule has 6 heteroatoms. The van der Waals surface area contributed by atoms with Crippen LogP contribution < -0.4 is 5.32 Å². The van der Waals surface area contributed by atoms with Crippen molar-refractivity contribution in [2.75, 3.05) is 5.75 Å². The van der Waals surface area contributed by atoms with E-state index in [4.69, 9.17) is 11.6 Å². The second-order valence-corrected chi connectivity index (χ2v) is 9.40. The number of benzene rings is 2. The Bertz CT molecular complexity index is 849. The minimum absolute atomic E-state index is 0.0513. The molecule has 0 radical (unpaired) electrons. The van der Waals surface area contributed by atoms with Gasteiger partial charge in [0.2, 0.25) is 11.8 Å². The number of hydrogen-bond donors (Lipinski definition) is 1. The van der Waals surface area contributed by atoms with Crippen LogP contribution in [-0.2, 0) is 16.1 Å². The van der Waals surface area contributed by atoms with Crippen molar-refractivity contribution in [3.63, 3.8) is 0 Å². The van der Waals surface area contributed by atoms with Gasteiger partial charge in [-0.05, 0) is 56.5 Å². The quantitative estimate of drug-likeness (QED) is 0.568. The topological polar surface area (TPSA) is 49.4 Å². The Morgan fingerprint density at radius 2 is 1.73 bits per heavy atom. The van der Waals surface area contributed by atoms with Gasteiger partial charge in [-0.15, -0.1) is 11.8 Å². The molecule has 1 N–H and O–H groups in total. The highest BCUT2D eigenvalue weighted by Gasteiger charge is 2.28. The van der Waals surface area contributed by atoms with Crippen molar-refractivity contribution in [2.24, 2.45) is 0 Å². The van der Waals surface area contributed by atoms with E-state index in [-0.39, 0.29) is 23.6 Å². The highest BCUT2D eigenvalue weighted by atomic mass is 35.5. The summed E-state index contributed by atoms with van der Waals surface area (Å²) in [6.45, 7) is 4.27. The van der Waals surface area contributed by atoms with Crippen molar-refractivity contribution in [2.45, 2.75) is 63.1 Å². The summed E-state index contributed by atoms with van der Waals surface area (Å²) in [7, 11) is 0. The molecule has 0 heterocycles. The average Bonchev–Trinajstić information content (AvgIpc) is 3.25. The number of hydrogen-bond acceptors (Lipinski definition) is 3. The molecular formula is C24H29ClN2O2S. The molecule has 1 aliphatic rings. The Kier molecular flexibility index (Phi) is 8.23. The first-order valence-corrected chi connectivity index (χ1v) is 11.8. The molecule has 0 spiro atoms. The van der Waals surface area contributed by atoms with Gasteiger partial charge in [-0.1, -0.05) is 54.3 Å². The van der Waals surface area contributed by atoms with Crippen LogP contribution in [-0.4, -0.2) is 34.6 Å². The van der Waals surface area contributed by atoms with Gasteiger partial charge in [-0.2, -0.15) is 0 Å². The predicted molar refractivity (Wildman–Crippen MR) is 124 cm³/mol. The second kappa shape index (κ2) is 10.9. The third-order valence-corrected chi connectivity index (χ3v) is 6.77. The van der Waals surface area contributed by atoms with Crippen molar-refractivity contribution in [3.05, 3.63) is 64.7 Å². The zero-order valence-electron chi connectivity index (χ0n) is 17.6. The Labute approximate surface area is 188 Å². The maximum atomic E-state index is 13.1. The van der Waals surface area contributed by atoms with Gasteiger partial charge in [0.25, 0.3) is 0 Å². The summed E-state index contributed by atoms with van der Waals surface area (Å²) in [5, 5.41) is 3.80. The lowest BCUT2D eigenvalue weighted by Crippen LogP contribution is -2.50. The maximum Gasteiger partial charge on any atom is 0.242 e. The van der Waals surface area contributed by atoms with Crippen molar-refractivity contribution in [3.8, 4) is 0 Å². The van der Waals surface area contributed by atoms with Crippen LogP contribution in [0.4, 0.5) is 0 Å². The molecule has 0 saturated heterocycles. The number of carbonyl (C=O) groups excluding carboxylic acids is 2. The van der Waals surface area contributed by atoms with Crippen LogP contribution in [0.1, 0.15) is 43.7 Å². The number of halogens is 1. The first kappa shape index (κ1) is 22.7. The normalized spacial score (nSPS) is 15.0. The lowest BCUT2D eigenvalue weighted by atomic mass is 10.1. The first-order chi connectivity index (χ1) is 14.4. The highest BCUT2D eigenvalue weighted by Crippen LogP contribution is 2.22. The number of carbonyl (C=O) groups is 2. The third kappa shape index (κ3) is 6.51. The van der Waals surface area contributed by atoms with Crippen LogP contribution in [0.25, 0.3) is 0 Å². The van der Waals surface area contributed by atoms with Crippen LogP contribution in [0.15, 0.2) is 53.4 Å². The zero-order chi connectivity index (χ0) is 21.5. The summed E-state index contributed by atoms with van der Waals surface area (Å²) in [5.74, 6) is 0.151. The van der Waals surface area contributed by atoms with Crippen LogP contribution in [0.2, 0.25) is 5.02 Å². The standard InChI is InChI=1S/C24H29ClN2O2S/c1-17-7-9-19(10-8-17)15-27(18(2)24(29)26-21-5-3-4-6-21)23(28)16-30-22-13-11-20(25)12-14-22/h7-14,18,21H,3-6,15-16H2,1-2H3,(H,26,29)/t18-/m1/s1. The van der Waals surface area contributed by atoms with E-state index in [2.05, 4.69) is 5.32 Å². The smallest absolute Gasteiger partial charge is 0.242 e. The Morgan fingerprint density at radius 3 is 2.37 bits per heavy atom. The van der Waals surface area contributed by atoms with E-state index in [1.54, 1.807) is 4.90 Å². The maximum absolute atomic E-state index is 13.1. The zero-order valence-corrected chi connectivity index (χ0v) is 19.1. The van der Waals surface area contributed by atoms with Crippen molar-refractivity contribution in [1.82, 2.24) is 10.2 Å². The van der Waals surface area contributed by atoms with Gasteiger partial charge in [-0.25, -0.2) is 0 Å². The minimum atomic E-state index is -0.523. The molecule has 0 aliphatic heterocycles. The molecule has 1 aliphatic carbocycles. The van der Waals surface area contributed by atoms with Gasteiger partial charge in [0.1, 0.15) is 6.04 Å². The van der Waals surface area contributed by atoms with E-state index in [9.17, 15) is 9.59 Å². The molecule has 2 amide bonds. The Balaban J connectivity index is 1.69. The van der Waals surface area contributed by atoms with Gasteiger partial charge >= 0.3 is 0 Å². The fourth-order valence-electron chi connectivity index (χ4n) is 3.62. The molecule has 0 aromatic heterocycles. The Morgan fingerprint density at radius 1 is 1.10 bits per heavy atom. The molecule has 2 aromatic rings. The molecular weight excluding hydrogens is 416 g/mol. The number of amides is 2. The number of rotatable bonds is 8. The molecule has 1 saturated carbocycles. The lowest BCUT2D eigenvalue weighted by molar-refractivity contribution is -0.138. The summed E-state index contributed by atoms with van der Waals surface area (Å²) >= 11 is 7.40. The number of thioether (sulfide) groups is 1. The molecule has 0 bridgehead atoms. The SMILES string of the molecule is Cc1ccc(CN(C(=O)CSc2ccc(Cl)cc2)[C@H](C)C(=O)NC2CCCC2)cc1. The monoisotopic (exact) mass is 444 g/mol. The highest BCUT2D eigenvalue weighted by molar-refractivity contribution is 8.00. The van der Waals surface area contributed by atoms with Crippen LogP contribution in [0.5, 0.6) is 0 Å². The minimum Gasteiger partial charge on any atom is -0.352 e. The van der Waals surface area contributed by atoms with Gasteiger partial charge in [0.05, 0.1) is 5.75 Å². The van der Waals surface area contributed by atoms with Crippen LogP contribution in [0, 0.1) is 6.92 Å². The molecule has 1 atom stereocenters. The molecule has 2 aromatic carbocycles. The fourth-order valence-corrected chi connectivity index (χ4v) is 4.53. The van der Waals surface area contributed by atoms with E-state index in [1.807, 2.05) is 62.4 Å². The summed E-state index contributed by atoms with van der Waals surface area (Å²) in [6.07, 6.45) is 4.36. The molecule has 4 nitrogen and oxygen atoms in total. The summed E-state index contributed by atoms with van der Waals surface area (Å²) in [4.78, 5) is 28.7. The molecule has 0 unspecified atom stereocenters. The summed E-state index contributed by atoms with van der Waals surface area (Å²) < 4.78 is 0. The number of aryl methyl sites for hydroxylation is 1. The van der Waals surface area contributed by atoms with E-state index >= 15 is 0 Å². The van der Waals surface area contributed by atoms with E-state index < -0.39 is 6.04 Å². The average molecular weight is 445 g/mol. The van der Waals surface area contributed by atoms with E-state index in [0.717, 1.165) is 36.1 Å². The summed E-state index contributed by atoms with van der Waals surface area (Å²) in [6, 6.07) is 15.2. The number of nitrogens with one attached hydrogen (secondary N) is 1. The predicted octanol–water partition coefficient (Wildman–Crippen LogP) is 5.22. The van der Waals surface area contributed by atoms with Crippen LogP contribution in [0.3, 0.4) is 0 Å². The van der Waals surface area contributed by atoms with Crippen LogP contribution >= 0.6 is 23.4 Å². The first-order valence-electron chi connectivity index (χ1n) is 10.5. The van der Waals surface area contributed by atoms with Gasteiger partial charge in [0.15, 0.2) is 0 Å². The molecule has 30 heavy (non-hydrogen) atoms. The summed E-state index contributed by atoms with van der Waals surface area (Å²) in [5.41, 5.74) is 2.19. The van der Waals surface area contributed by atoms with Gasteiger partial charge in [0, 0.05) is 22.5 Å². The van der Waals surface area contributed by atoms with Gasteiger partial charge < -0.3 is 10.2 Å². The van der Waals surface area contributed by atoms with E-state index in [1.165, 1.54) is 17.3 Å². The third-order valence-electron chi connectivity index (χ3n) is 5.52. The van der Waals surface area contributed by atoms with E-state index in [0.29, 0.717) is 11.6 Å². The van der Waals surface area contributed by atoms with Gasteiger partial charge in [-0.3, -0.25) is 9.59 Å². The second-order valence-electron chi connectivity index (χ2n) is 7.92. The largest absolute Gasteiger partial charge is 0.352 e. The Hall–Kier alpha value is -1.98. The molecule has 160 valence electrons. The van der Waals surface area contributed by atoms with Crippen molar-refractivity contribution in [1.29, 1.82) is 0 Å². The van der Waals surface area contributed by atoms with Crippen molar-refractivity contribution < 1.29 is 9.59 Å².